The highest BCUT2D eigenvalue weighted by Gasteiger charge is 2.03. The van der Waals surface area contributed by atoms with E-state index >= 15 is 0 Å². The van der Waals surface area contributed by atoms with E-state index in [-0.39, 0.29) is 0 Å². The molecule has 0 saturated heterocycles. The van der Waals surface area contributed by atoms with Crippen molar-refractivity contribution in [1.29, 1.82) is 0 Å². The highest BCUT2D eigenvalue weighted by Crippen LogP contribution is 2.28. The third-order valence-electron chi connectivity index (χ3n) is 13.2. The maximum atomic E-state index is 2.27. The molecule has 0 N–H and O–H groups in total. The van der Waals surface area contributed by atoms with Gasteiger partial charge in [0.05, 0.1) is 0 Å². The minimum absolute atomic E-state index is 1.27. The fourth-order valence-electron chi connectivity index (χ4n) is 8.68. The van der Waals surface area contributed by atoms with Crippen LogP contribution in [0.5, 0.6) is 0 Å². The number of benzene rings is 11. The normalized spacial score (nSPS) is 10.1. The second-order valence-electron chi connectivity index (χ2n) is 20.8. The summed E-state index contributed by atoms with van der Waals surface area (Å²) in [5.41, 5.74) is 28.6. The molecule has 0 aliphatic carbocycles. The third kappa shape index (κ3) is 20.2. The first-order chi connectivity index (χ1) is 37.6. The Hall–Kier alpha value is -8.58. The van der Waals surface area contributed by atoms with Crippen LogP contribution in [0.15, 0.2) is 267 Å². The molecule has 11 aromatic rings. The molecular weight excluding hydrogens is 937 g/mol. The summed E-state index contributed by atoms with van der Waals surface area (Å²) in [6.07, 6.45) is 0. The molecule has 0 heteroatoms. The smallest absolute Gasteiger partial charge is 0.0178 e. The Kier molecular flexibility index (Phi) is 22.7. The molecule has 0 atom stereocenters. The molecular formula is C78H80. The van der Waals surface area contributed by atoms with Gasteiger partial charge in [0.15, 0.2) is 0 Å². The maximum absolute atomic E-state index is 2.27. The van der Waals surface area contributed by atoms with Crippen molar-refractivity contribution in [2.24, 2.45) is 0 Å². The second kappa shape index (κ2) is 30.2. The van der Waals surface area contributed by atoms with E-state index in [4.69, 9.17) is 0 Å². The Morgan fingerprint density at radius 1 is 0.115 bits per heavy atom. The summed E-state index contributed by atoms with van der Waals surface area (Å²) in [7, 11) is 0. The summed E-state index contributed by atoms with van der Waals surface area (Å²) in [5.74, 6) is 0. The average molecular weight is 1020 g/mol. The molecule has 0 bridgehead atoms. The number of rotatable bonds is 5. The van der Waals surface area contributed by atoms with E-state index in [0.717, 1.165) is 0 Å². The number of hydrogen-bond donors (Lipinski definition) is 0. The van der Waals surface area contributed by atoms with Crippen LogP contribution >= 0.6 is 0 Å². The Morgan fingerprint density at radius 2 is 0.269 bits per heavy atom. The number of hydrogen-bond acceptors (Lipinski definition) is 0. The van der Waals surface area contributed by atoms with E-state index in [1.807, 2.05) is 0 Å². The van der Waals surface area contributed by atoms with Crippen LogP contribution in [0.25, 0.3) is 55.6 Å². The van der Waals surface area contributed by atoms with Gasteiger partial charge in [-0.15, -0.1) is 0 Å². The van der Waals surface area contributed by atoms with E-state index in [0.29, 0.717) is 0 Å². The molecule has 78 heavy (non-hydrogen) atoms. The summed E-state index contributed by atoms with van der Waals surface area (Å²) in [5, 5.41) is 0. The van der Waals surface area contributed by atoms with Crippen LogP contribution in [0.2, 0.25) is 0 Å². The molecule has 0 fully saturated rings. The molecule has 392 valence electrons. The molecule has 0 unspecified atom stereocenters. The number of aryl methyl sites for hydroxylation is 12. The SMILES string of the molecule is Cc1ccc(-c2ccc(C)cc2)cc1.Cc1ccc(-c2cccc(C)c2)cc1.Cc1ccc(C)cc1.Cc1cccc(-c2cccc(-c3cccc(C)c3)c2)c1.Cc1cccc(-c2cccc(C)c2)c1.Cc1cccc(C)c1. The maximum Gasteiger partial charge on any atom is -0.0178 e. The highest BCUT2D eigenvalue weighted by atomic mass is 14.1. The molecule has 0 nitrogen and oxygen atoms in total. The van der Waals surface area contributed by atoms with Gasteiger partial charge < -0.3 is 0 Å². The molecule has 0 aliphatic rings. The monoisotopic (exact) mass is 1020 g/mol. The van der Waals surface area contributed by atoms with Crippen LogP contribution in [0, 0.1) is 83.1 Å². The van der Waals surface area contributed by atoms with Crippen molar-refractivity contribution in [2.45, 2.75) is 83.1 Å². The molecule has 0 spiro atoms. The summed E-state index contributed by atoms with van der Waals surface area (Å²) in [4.78, 5) is 0. The van der Waals surface area contributed by atoms with E-state index in [9.17, 15) is 0 Å². The van der Waals surface area contributed by atoms with Crippen LogP contribution in [0.4, 0.5) is 0 Å². The van der Waals surface area contributed by atoms with Gasteiger partial charge in [-0.3, -0.25) is 0 Å². The molecule has 0 aromatic heterocycles. The molecule has 0 aliphatic heterocycles. The van der Waals surface area contributed by atoms with Crippen LogP contribution in [-0.2, 0) is 0 Å². The molecule has 11 rings (SSSR count). The van der Waals surface area contributed by atoms with Gasteiger partial charge in [-0.2, -0.15) is 0 Å². The van der Waals surface area contributed by atoms with Gasteiger partial charge in [0.2, 0.25) is 0 Å². The van der Waals surface area contributed by atoms with Crippen LogP contribution < -0.4 is 0 Å². The molecule has 11 aromatic carbocycles. The Morgan fingerprint density at radius 3 is 0.474 bits per heavy atom. The predicted molar refractivity (Wildman–Crippen MR) is 343 cm³/mol. The van der Waals surface area contributed by atoms with Gasteiger partial charge in [0.25, 0.3) is 0 Å². The van der Waals surface area contributed by atoms with Crippen LogP contribution in [0.3, 0.4) is 0 Å². The quantitative estimate of drug-likeness (QED) is 0.161. The summed E-state index contributed by atoms with van der Waals surface area (Å²) < 4.78 is 0. The fourth-order valence-corrected chi connectivity index (χ4v) is 8.68. The predicted octanol–water partition coefficient (Wildman–Crippen LogP) is 22.2. The van der Waals surface area contributed by atoms with Gasteiger partial charge in [0, 0.05) is 0 Å². The molecule has 0 heterocycles. The summed E-state index contributed by atoms with van der Waals surface area (Å²) >= 11 is 0. The van der Waals surface area contributed by atoms with E-state index in [1.54, 1.807) is 0 Å². The zero-order valence-corrected chi connectivity index (χ0v) is 48.4. The second-order valence-corrected chi connectivity index (χ2v) is 20.8. The molecule has 0 saturated carbocycles. The highest BCUT2D eigenvalue weighted by molar-refractivity contribution is 5.74. The fraction of sp³-hybridized carbons (Fsp3) is 0.154. The lowest BCUT2D eigenvalue weighted by molar-refractivity contribution is 1.39. The van der Waals surface area contributed by atoms with Crippen molar-refractivity contribution in [2.75, 3.05) is 0 Å². The largest absolute Gasteiger partial charge is 0.0617 e. The van der Waals surface area contributed by atoms with Crippen molar-refractivity contribution in [1.82, 2.24) is 0 Å². The lowest BCUT2D eigenvalue weighted by Crippen LogP contribution is -1.83. The molecule has 0 radical (unpaired) electrons. The van der Waals surface area contributed by atoms with Gasteiger partial charge in [-0.1, -0.05) is 328 Å². The van der Waals surface area contributed by atoms with E-state index in [2.05, 4.69) is 350 Å². The first-order valence-corrected chi connectivity index (χ1v) is 27.3. The lowest BCUT2D eigenvalue weighted by Gasteiger charge is -2.07. The van der Waals surface area contributed by atoms with Gasteiger partial charge >= 0.3 is 0 Å². The van der Waals surface area contributed by atoms with E-state index in [1.165, 1.54) is 122 Å². The zero-order valence-electron chi connectivity index (χ0n) is 48.4. The van der Waals surface area contributed by atoms with Crippen molar-refractivity contribution < 1.29 is 0 Å². The topological polar surface area (TPSA) is 0 Å². The van der Waals surface area contributed by atoms with Crippen LogP contribution in [0.1, 0.15) is 66.8 Å². The average Bonchev–Trinajstić information content (AvgIpc) is 3.43. The zero-order chi connectivity index (χ0) is 55.8. The van der Waals surface area contributed by atoms with Crippen molar-refractivity contribution in [3.8, 4) is 55.6 Å². The standard InChI is InChI=1S/C20H18.3C14H14.2C8H10/c1-15-6-3-8-17(12-15)19-10-5-11-20(14-19)18-9-4-7-16(2)13-18;1-11-3-7-13(8-4-11)14-9-5-12(2)6-10-14;1-11-5-3-7-13(9-11)14-8-4-6-12(2)10-14;1-11-6-8-13(9-7-11)14-5-3-4-12(2)10-14;1-7-3-5-8(2)6-4-7;1-7-4-3-5-8(2)6-7/h3-14H,1-2H3;3*3-10H,1-2H3;2*3-6H,1-2H3. The lowest BCUT2D eigenvalue weighted by atomic mass is 9.97. The Labute approximate surface area is 469 Å². The van der Waals surface area contributed by atoms with Crippen LogP contribution in [-0.4, -0.2) is 0 Å². The minimum atomic E-state index is 1.27. The molecule has 0 amide bonds. The first-order valence-electron chi connectivity index (χ1n) is 27.3. The van der Waals surface area contributed by atoms with Crippen molar-refractivity contribution >= 4 is 0 Å². The van der Waals surface area contributed by atoms with E-state index < -0.39 is 0 Å². The van der Waals surface area contributed by atoms with Crippen molar-refractivity contribution in [3.63, 3.8) is 0 Å². The minimum Gasteiger partial charge on any atom is -0.0617 e. The van der Waals surface area contributed by atoms with Gasteiger partial charge in [0.1, 0.15) is 0 Å². The van der Waals surface area contributed by atoms with Gasteiger partial charge in [-0.05, 0) is 145 Å². The summed E-state index contributed by atoms with van der Waals surface area (Å²) in [6, 6.07) is 94.7. The Bertz CT molecular complexity index is 3350. The van der Waals surface area contributed by atoms with Gasteiger partial charge in [-0.25, -0.2) is 0 Å². The Balaban J connectivity index is 0.000000155. The summed E-state index contributed by atoms with van der Waals surface area (Å²) in [6.45, 7) is 25.4. The third-order valence-corrected chi connectivity index (χ3v) is 13.2. The first kappa shape index (κ1) is 58.7. The van der Waals surface area contributed by atoms with Crippen molar-refractivity contribution in [3.05, 3.63) is 334 Å².